The molecule has 0 aliphatic carbocycles. The molecule has 0 radical (unpaired) electrons. The van der Waals surface area contributed by atoms with E-state index in [1.54, 1.807) is 12.1 Å². The maximum atomic E-state index is 12.3. The molecule has 148 valence electrons. The zero-order valence-electron chi connectivity index (χ0n) is 17.3. The van der Waals surface area contributed by atoms with Crippen molar-refractivity contribution < 1.29 is 14.0 Å². The van der Waals surface area contributed by atoms with Gasteiger partial charge >= 0.3 is 0 Å². The molecule has 0 saturated heterocycles. The quantitative estimate of drug-likeness (QED) is 0.507. The van der Waals surface area contributed by atoms with Crippen molar-refractivity contribution in [1.29, 1.82) is 0 Å². The van der Waals surface area contributed by atoms with Crippen LogP contribution in [0.3, 0.4) is 0 Å². The molecule has 0 spiro atoms. The number of carbonyl (C=O) groups is 2. The van der Waals surface area contributed by atoms with Crippen LogP contribution in [0.5, 0.6) is 0 Å². The molecular weight excluding hydrogens is 328 g/mol. The molecule has 5 heteroatoms. The molecule has 26 heavy (non-hydrogen) atoms. The normalized spacial score (nSPS) is 13.9. The van der Waals surface area contributed by atoms with Gasteiger partial charge in [-0.05, 0) is 23.7 Å². The minimum Gasteiger partial charge on any atom is -0.425 e. The lowest BCUT2D eigenvalue weighted by Crippen LogP contribution is -2.24. The topological polar surface area (TPSA) is 71.3 Å². The second kappa shape index (κ2) is 9.79. The van der Waals surface area contributed by atoms with E-state index < -0.39 is 0 Å². The Hall–Kier alpha value is -1.78. The Bertz CT molecular complexity index is 592. The molecule has 0 fully saturated rings. The van der Waals surface area contributed by atoms with Crippen molar-refractivity contribution in [1.82, 2.24) is 0 Å². The lowest BCUT2D eigenvalue weighted by Gasteiger charge is -2.26. The van der Waals surface area contributed by atoms with Gasteiger partial charge in [-0.2, -0.15) is 0 Å². The van der Waals surface area contributed by atoms with Crippen LogP contribution in [0.4, 0.5) is 11.8 Å². The van der Waals surface area contributed by atoms with Gasteiger partial charge in [0.15, 0.2) is 0 Å². The first-order chi connectivity index (χ1) is 12.1. The summed E-state index contributed by atoms with van der Waals surface area (Å²) in [7, 11) is 0. The average Bonchev–Trinajstić information content (AvgIpc) is 2.93. The van der Waals surface area contributed by atoms with Gasteiger partial charge in [0.1, 0.15) is 0 Å². The fourth-order valence-electron chi connectivity index (χ4n) is 3.42. The van der Waals surface area contributed by atoms with Crippen molar-refractivity contribution in [2.75, 3.05) is 10.6 Å². The van der Waals surface area contributed by atoms with Crippen LogP contribution in [0.25, 0.3) is 0 Å². The van der Waals surface area contributed by atoms with Gasteiger partial charge in [-0.15, -0.1) is 0 Å². The van der Waals surface area contributed by atoms with Gasteiger partial charge in [0, 0.05) is 25.0 Å². The number of rotatable bonds is 11. The third-order valence-electron chi connectivity index (χ3n) is 4.99. The third-order valence-corrected chi connectivity index (χ3v) is 4.99. The first kappa shape index (κ1) is 22.3. The van der Waals surface area contributed by atoms with E-state index in [4.69, 9.17) is 4.42 Å². The van der Waals surface area contributed by atoms with Crippen LogP contribution in [0, 0.1) is 10.8 Å². The molecule has 1 unspecified atom stereocenters. The summed E-state index contributed by atoms with van der Waals surface area (Å²) in [5.74, 6) is 0.605. The Labute approximate surface area is 158 Å². The van der Waals surface area contributed by atoms with Gasteiger partial charge in [0.05, 0.1) is 0 Å². The van der Waals surface area contributed by atoms with E-state index >= 15 is 0 Å². The predicted molar refractivity (Wildman–Crippen MR) is 107 cm³/mol. The van der Waals surface area contributed by atoms with Gasteiger partial charge in [0.2, 0.25) is 23.6 Å². The van der Waals surface area contributed by atoms with Gasteiger partial charge in [-0.25, -0.2) is 0 Å². The smallest absolute Gasteiger partial charge is 0.227 e. The fraction of sp³-hybridized carbons (Fsp3) is 0.714. The maximum absolute atomic E-state index is 12.3. The van der Waals surface area contributed by atoms with Crippen LogP contribution in [0.15, 0.2) is 16.5 Å². The molecule has 2 amide bonds. The Morgan fingerprint density at radius 3 is 1.85 bits per heavy atom. The van der Waals surface area contributed by atoms with Crippen LogP contribution in [-0.2, 0) is 9.59 Å². The summed E-state index contributed by atoms with van der Waals surface area (Å²) in [6, 6.07) is 3.35. The van der Waals surface area contributed by atoms with Crippen LogP contribution in [0.2, 0.25) is 0 Å². The molecule has 0 aliphatic heterocycles. The zero-order chi connectivity index (χ0) is 19.8. The molecule has 2 N–H and O–H groups in total. The summed E-state index contributed by atoms with van der Waals surface area (Å²) in [5.41, 5.74) is -0.0281. The molecule has 0 aromatic carbocycles. The highest BCUT2D eigenvalue weighted by atomic mass is 16.4. The molecule has 0 aliphatic rings. The Kier molecular flexibility index (Phi) is 8.38. The number of amides is 2. The van der Waals surface area contributed by atoms with Crippen LogP contribution >= 0.6 is 0 Å². The Morgan fingerprint density at radius 2 is 1.38 bits per heavy atom. The zero-order valence-corrected chi connectivity index (χ0v) is 17.3. The van der Waals surface area contributed by atoms with E-state index in [-0.39, 0.29) is 22.6 Å². The molecule has 1 aromatic rings. The molecule has 1 rings (SSSR count). The first-order valence-electron chi connectivity index (χ1n) is 9.82. The fourth-order valence-corrected chi connectivity index (χ4v) is 3.42. The number of hydrogen-bond acceptors (Lipinski definition) is 3. The molecule has 0 saturated carbocycles. The summed E-state index contributed by atoms with van der Waals surface area (Å²) in [4.78, 5) is 24.5. The highest BCUT2D eigenvalue weighted by Crippen LogP contribution is 2.32. The van der Waals surface area contributed by atoms with E-state index in [9.17, 15) is 9.59 Å². The van der Waals surface area contributed by atoms with Crippen molar-refractivity contribution in [3.63, 3.8) is 0 Å². The van der Waals surface area contributed by atoms with E-state index in [0.717, 1.165) is 32.1 Å². The monoisotopic (exact) mass is 364 g/mol. The molecule has 1 heterocycles. The predicted octanol–water partition coefficient (Wildman–Crippen LogP) is 5.98. The summed E-state index contributed by atoms with van der Waals surface area (Å²) in [5, 5.41) is 5.57. The standard InChI is InChI=1S/C21H36N2O3/c1-7-12-20(4,5)14-16(24)22-18-10-11-19(26-18)23-17(25)15-21(6,9-3)13-8-2/h10-11H,7-9,12-15H2,1-6H3,(H,22,24)(H,23,25). The highest BCUT2D eigenvalue weighted by Gasteiger charge is 2.25. The second-order valence-electron chi connectivity index (χ2n) is 8.44. The van der Waals surface area contributed by atoms with Crippen LogP contribution < -0.4 is 10.6 Å². The van der Waals surface area contributed by atoms with E-state index in [2.05, 4.69) is 52.2 Å². The lowest BCUT2D eigenvalue weighted by atomic mass is 9.79. The van der Waals surface area contributed by atoms with Gasteiger partial charge < -0.3 is 4.42 Å². The van der Waals surface area contributed by atoms with Crippen molar-refractivity contribution in [2.45, 2.75) is 86.5 Å². The van der Waals surface area contributed by atoms with E-state index in [1.807, 2.05) is 0 Å². The molecule has 0 bridgehead atoms. The molecular formula is C21H36N2O3. The number of carbonyl (C=O) groups excluding carboxylic acids is 2. The summed E-state index contributed by atoms with van der Waals surface area (Å²) in [6.07, 6.45) is 5.98. The van der Waals surface area contributed by atoms with E-state index in [1.165, 1.54) is 0 Å². The summed E-state index contributed by atoms with van der Waals surface area (Å²) in [6.45, 7) is 12.7. The summed E-state index contributed by atoms with van der Waals surface area (Å²) >= 11 is 0. The average molecular weight is 365 g/mol. The van der Waals surface area contributed by atoms with Crippen molar-refractivity contribution in [2.24, 2.45) is 10.8 Å². The largest absolute Gasteiger partial charge is 0.425 e. The van der Waals surface area contributed by atoms with Crippen molar-refractivity contribution >= 4 is 23.6 Å². The van der Waals surface area contributed by atoms with Crippen molar-refractivity contribution in [3.05, 3.63) is 12.1 Å². The van der Waals surface area contributed by atoms with Gasteiger partial charge in [-0.3, -0.25) is 20.2 Å². The number of anilines is 2. The number of nitrogens with one attached hydrogen (secondary N) is 2. The maximum Gasteiger partial charge on any atom is 0.227 e. The summed E-state index contributed by atoms with van der Waals surface area (Å²) < 4.78 is 5.54. The minimum atomic E-state index is -0.0721. The minimum absolute atomic E-state index is 0.00727. The molecule has 1 atom stereocenters. The second-order valence-corrected chi connectivity index (χ2v) is 8.44. The Balaban J connectivity index is 2.57. The van der Waals surface area contributed by atoms with E-state index in [0.29, 0.717) is 24.6 Å². The Morgan fingerprint density at radius 1 is 0.885 bits per heavy atom. The van der Waals surface area contributed by atoms with Crippen LogP contribution in [-0.4, -0.2) is 11.8 Å². The lowest BCUT2D eigenvalue weighted by molar-refractivity contribution is -0.119. The number of furan rings is 1. The number of hydrogen-bond donors (Lipinski definition) is 2. The molecule has 1 aromatic heterocycles. The third kappa shape index (κ3) is 7.63. The SMILES string of the molecule is CCCC(C)(C)CC(=O)Nc1ccc(NC(=O)CC(C)(CC)CCC)o1. The van der Waals surface area contributed by atoms with Gasteiger partial charge in [-0.1, -0.05) is 60.8 Å². The first-order valence-corrected chi connectivity index (χ1v) is 9.82. The molecule has 5 nitrogen and oxygen atoms in total. The van der Waals surface area contributed by atoms with Gasteiger partial charge in [0.25, 0.3) is 0 Å². The van der Waals surface area contributed by atoms with Crippen molar-refractivity contribution in [3.8, 4) is 0 Å². The van der Waals surface area contributed by atoms with Crippen LogP contribution in [0.1, 0.15) is 86.5 Å². The highest BCUT2D eigenvalue weighted by molar-refractivity contribution is 5.92.